The normalized spacial score (nSPS) is 12.0. The van der Waals surface area contributed by atoms with Crippen molar-refractivity contribution < 1.29 is 9.84 Å². The van der Waals surface area contributed by atoms with Crippen LogP contribution in [0.5, 0.6) is 5.75 Å². The van der Waals surface area contributed by atoms with E-state index < -0.39 is 6.10 Å². The molecule has 0 aliphatic carbocycles. The van der Waals surface area contributed by atoms with Crippen LogP contribution in [0.1, 0.15) is 11.1 Å². The number of hydrogen-bond acceptors (Lipinski definition) is 7. The van der Waals surface area contributed by atoms with Crippen molar-refractivity contribution in [2.45, 2.75) is 24.3 Å². The smallest absolute Gasteiger partial charge is 0.210 e. The molecule has 0 radical (unpaired) electrons. The van der Waals surface area contributed by atoms with Crippen LogP contribution in [0.3, 0.4) is 0 Å². The van der Waals surface area contributed by atoms with Crippen molar-refractivity contribution in [3.05, 3.63) is 59.7 Å². The van der Waals surface area contributed by atoms with Crippen molar-refractivity contribution in [3.63, 3.8) is 0 Å². The fourth-order valence-electron chi connectivity index (χ4n) is 2.28. The lowest BCUT2D eigenvalue weighted by Crippen LogP contribution is -2.20. The van der Waals surface area contributed by atoms with Crippen LogP contribution in [0.15, 0.2) is 52.9 Å². The molecule has 5 nitrogen and oxygen atoms in total. The molecule has 0 amide bonds. The maximum absolute atomic E-state index is 10.1. The number of aromatic nitrogens is 2. The summed E-state index contributed by atoms with van der Waals surface area (Å²) in [6.45, 7) is 4.29. The van der Waals surface area contributed by atoms with Gasteiger partial charge in [-0.1, -0.05) is 53.4 Å². The van der Waals surface area contributed by atoms with Gasteiger partial charge in [-0.3, -0.25) is 0 Å². The maximum atomic E-state index is 10.1. The van der Waals surface area contributed by atoms with Crippen molar-refractivity contribution in [2.24, 2.45) is 0 Å². The van der Waals surface area contributed by atoms with E-state index in [4.69, 9.17) is 4.74 Å². The van der Waals surface area contributed by atoms with Gasteiger partial charge in [0.2, 0.25) is 5.13 Å². The quantitative estimate of drug-likeness (QED) is 0.557. The van der Waals surface area contributed by atoms with E-state index >= 15 is 0 Å². The van der Waals surface area contributed by atoms with Gasteiger partial charge < -0.3 is 15.2 Å². The van der Waals surface area contributed by atoms with Crippen LogP contribution in [0.2, 0.25) is 0 Å². The standard InChI is InChI=1S/C19H21N3O2S2/c1-13-6-5-8-15(10-13)20-18-21-22-19(26-18)25-12-16(23)11-24-17-9-4-3-7-14(17)2/h3-10,16,23H,11-12H2,1-2H3,(H,20,21)/t16-/m1/s1. The number of aliphatic hydroxyl groups is 1. The Balaban J connectivity index is 1.46. The second kappa shape index (κ2) is 9.02. The highest BCUT2D eigenvalue weighted by Gasteiger charge is 2.11. The van der Waals surface area contributed by atoms with E-state index in [1.807, 2.05) is 56.3 Å². The average Bonchev–Trinajstić information content (AvgIpc) is 3.07. The van der Waals surface area contributed by atoms with E-state index in [2.05, 4.69) is 21.6 Å². The van der Waals surface area contributed by atoms with E-state index in [1.54, 1.807) is 0 Å². The van der Waals surface area contributed by atoms with Crippen LogP contribution in [0, 0.1) is 13.8 Å². The lowest BCUT2D eigenvalue weighted by atomic mass is 10.2. The van der Waals surface area contributed by atoms with Crippen LogP contribution >= 0.6 is 23.1 Å². The monoisotopic (exact) mass is 387 g/mol. The van der Waals surface area contributed by atoms with Crippen molar-refractivity contribution in [3.8, 4) is 5.75 Å². The van der Waals surface area contributed by atoms with Crippen LogP contribution in [-0.2, 0) is 0 Å². The molecule has 0 saturated heterocycles. The van der Waals surface area contributed by atoms with Crippen LogP contribution in [0.25, 0.3) is 0 Å². The highest BCUT2D eigenvalue weighted by atomic mass is 32.2. The number of aliphatic hydroxyl groups excluding tert-OH is 1. The predicted molar refractivity (Wildman–Crippen MR) is 108 cm³/mol. The number of nitrogens with one attached hydrogen (secondary N) is 1. The summed E-state index contributed by atoms with van der Waals surface area (Å²) in [6, 6.07) is 15.9. The summed E-state index contributed by atoms with van der Waals surface area (Å²) in [5, 5.41) is 22.4. The highest BCUT2D eigenvalue weighted by Crippen LogP contribution is 2.28. The third-order valence-corrected chi connectivity index (χ3v) is 5.72. The Labute approximate surface area is 161 Å². The highest BCUT2D eigenvalue weighted by molar-refractivity contribution is 8.01. The van der Waals surface area contributed by atoms with Gasteiger partial charge in [0.15, 0.2) is 4.34 Å². The van der Waals surface area contributed by atoms with Crippen LogP contribution in [0.4, 0.5) is 10.8 Å². The molecule has 2 aromatic carbocycles. The third-order valence-electron chi connectivity index (χ3n) is 3.60. The zero-order valence-corrected chi connectivity index (χ0v) is 16.3. The number of hydrogen-bond donors (Lipinski definition) is 2. The molecule has 7 heteroatoms. The van der Waals surface area contributed by atoms with Gasteiger partial charge in [0.1, 0.15) is 12.4 Å². The molecular formula is C19H21N3O2S2. The molecule has 0 unspecified atom stereocenters. The first-order valence-electron chi connectivity index (χ1n) is 8.26. The Morgan fingerprint density at radius 1 is 1.15 bits per heavy atom. The van der Waals surface area contributed by atoms with Crippen LogP contribution in [-0.4, -0.2) is 33.8 Å². The number of rotatable bonds is 8. The summed E-state index contributed by atoms with van der Waals surface area (Å²) in [5.74, 6) is 1.31. The summed E-state index contributed by atoms with van der Waals surface area (Å²) in [4.78, 5) is 0. The zero-order valence-electron chi connectivity index (χ0n) is 14.7. The SMILES string of the molecule is Cc1cccc(Nc2nnc(SC[C@H](O)COc3ccccc3C)s2)c1. The Kier molecular flexibility index (Phi) is 6.49. The number of aryl methyl sites for hydroxylation is 2. The number of para-hydroxylation sites is 1. The number of benzene rings is 2. The van der Waals surface area contributed by atoms with Crippen molar-refractivity contribution in [1.29, 1.82) is 0 Å². The minimum atomic E-state index is -0.573. The summed E-state index contributed by atoms with van der Waals surface area (Å²) in [6.07, 6.45) is -0.573. The minimum Gasteiger partial charge on any atom is -0.491 e. The van der Waals surface area contributed by atoms with Crippen molar-refractivity contribution in [1.82, 2.24) is 10.2 Å². The number of thioether (sulfide) groups is 1. The fourth-order valence-corrected chi connectivity index (χ4v) is 3.99. The topological polar surface area (TPSA) is 67.3 Å². The molecule has 3 rings (SSSR count). The number of ether oxygens (including phenoxy) is 1. The molecule has 2 N–H and O–H groups in total. The first kappa shape index (κ1) is 18.7. The molecule has 0 aliphatic heterocycles. The van der Waals surface area contributed by atoms with Gasteiger partial charge in [-0.2, -0.15) is 0 Å². The third kappa shape index (κ3) is 5.45. The average molecular weight is 388 g/mol. The molecule has 26 heavy (non-hydrogen) atoms. The Hall–Kier alpha value is -2.09. The molecule has 0 aliphatic rings. The summed E-state index contributed by atoms with van der Waals surface area (Å²) in [5.41, 5.74) is 3.23. The molecule has 1 atom stereocenters. The molecule has 0 saturated carbocycles. The van der Waals surface area contributed by atoms with Gasteiger partial charge in [0.05, 0.1) is 6.10 Å². The van der Waals surface area contributed by atoms with Gasteiger partial charge in [0, 0.05) is 11.4 Å². The Morgan fingerprint density at radius 2 is 2.00 bits per heavy atom. The molecule has 1 aromatic heterocycles. The van der Waals surface area contributed by atoms with Crippen molar-refractivity contribution in [2.75, 3.05) is 17.7 Å². The van der Waals surface area contributed by atoms with E-state index in [0.29, 0.717) is 5.75 Å². The summed E-state index contributed by atoms with van der Waals surface area (Å²) in [7, 11) is 0. The molecule has 136 valence electrons. The maximum Gasteiger partial charge on any atom is 0.210 e. The van der Waals surface area contributed by atoms with Gasteiger partial charge in [0.25, 0.3) is 0 Å². The van der Waals surface area contributed by atoms with Gasteiger partial charge in [-0.15, -0.1) is 10.2 Å². The first-order chi connectivity index (χ1) is 12.6. The lowest BCUT2D eigenvalue weighted by molar-refractivity contribution is 0.126. The fraction of sp³-hybridized carbons (Fsp3) is 0.263. The lowest BCUT2D eigenvalue weighted by Gasteiger charge is -2.12. The second-order valence-electron chi connectivity index (χ2n) is 5.91. The molecule has 3 aromatic rings. The van der Waals surface area contributed by atoms with Crippen LogP contribution < -0.4 is 10.1 Å². The van der Waals surface area contributed by atoms with E-state index in [9.17, 15) is 5.11 Å². The van der Waals surface area contributed by atoms with E-state index in [0.717, 1.165) is 26.5 Å². The van der Waals surface area contributed by atoms with Gasteiger partial charge in [-0.05, 0) is 43.2 Å². The first-order valence-corrected chi connectivity index (χ1v) is 10.1. The van der Waals surface area contributed by atoms with Crippen molar-refractivity contribution >= 4 is 33.9 Å². The Morgan fingerprint density at radius 3 is 2.81 bits per heavy atom. The van der Waals surface area contributed by atoms with E-state index in [-0.39, 0.29) is 6.61 Å². The predicted octanol–water partition coefficient (Wildman–Crippen LogP) is 4.43. The van der Waals surface area contributed by atoms with Gasteiger partial charge >= 0.3 is 0 Å². The minimum absolute atomic E-state index is 0.255. The van der Waals surface area contributed by atoms with E-state index in [1.165, 1.54) is 28.7 Å². The number of anilines is 2. The molecule has 0 bridgehead atoms. The van der Waals surface area contributed by atoms with Gasteiger partial charge in [-0.25, -0.2) is 0 Å². The molecule has 1 heterocycles. The zero-order chi connectivity index (χ0) is 18.4. The summed E-state index contributed by atoms with van der Waals surface area (Å²) >= 11 is 2.95. The Bertz CT molecular complexity index is 854. The largest absolute Gasteiger partial charge is 0.491 e. The molecule has 0 fully saturated rings. The summed E-state index contributed by atoms with van der Waals surface area (Å²) < 4.78 is 6.49. The number of nitrogens with zero attached hydrogens (tertiary/aromatic N) is 2. The molecule has 0 spiro atoms. The second-order valence-corrected chi connectivity index (χ2v) is 8.15. The molecular weight excluding hydrogens is 366 g/mol.